The molecular weight excluding hydrogens is 267 g/mol. The lowest BCUT2D eigenvalue weighted by atomic mass is 9.93. The molecule has 2 nitrogen and oxygen atoms in total. The maximum Gasteiger partial charge on any atom is 0.182 e. The Morgan fingerprint density at radius 3 is 2.05 bits per heavy atom. The average Bonchev–Trinajstić information content (AvgIpc) is 2.39. The van der Waals surface area contributed by atoms with E-state index in [-0.39, 0.29) is 14.2 Å². The van der Waals surface area contributed by atoms with E-state index in [1.807, 2.05) is 63.2 Å². The van der Waals surface area contributed by atoms with E-state index in [1.54, 1.807) is 0 Å². The summed E-state index contributed by atoms with van der Waals surface area (Å²) in [5, 5.41) is 0. The molecule has 3 heteroatoms. The standard InChI is InChI=1S/C17H17O2P/c1-11-9-12(2)15(13(3)10-11)16(18)17(20-19)14-7-5-4-6-8-14/h4-10,17H,1-3H3. The molecule has 2 aromatic rings. The van der Waals surface area contributed by atoms with E-state index in [4.69, 9.17) is 0 Å². The van der Waals surface area contributed by atoms with Crippen LogP contribution in [0.3, 0.4) is 0 Å². The highest BCUT2D eigenvalue weighted by Gasteiger charge is 2.25. The summed E-state index contributed by atoms with van der Waals surface area (Å²) < 4.78 is 11.5. The zero-order valence-corrected chi connectivity index (χ0v) is 12.8. The Kier molecular flexibility index (Phi) is 4.46. The summed E-state index contributed by atoms with van der Waals surface area (Å²) in [6.07, 6.45) is 0. The molecule has 0 saturated carbocycles. The molecule has 0 aliphatic rings. The van der Waals surface area contributed by atoms with Gasteiger partial charge in [0.1, 0.15) is 5.66 Å². The van der Waals surface area contributed by atoms with Crippen LogP contribution < -0.4 is 0 Å². The molecule has 20 heavy (non-hydrogen) atoms. The highest BCUT2D eigenvalue weighted by Crippen LogP contribution is 2.33. The van der Waals surface area contributed by atoms with Crippen LogP contribution in [0.15, 0.2) is 42.5 Å². The van der Waals surface area contributed by atoms with Crippen LogP contribution in [-0.4, -0.2) is 5.78 Å². The van der Waals surface area contributed by atoms with Crippen LogP contribution in [0.2, 0.25) is 0 Å². The van der Waals surface area contributed by atoms with Gasteiger partial charge in [-0.2, -0.15) is 0 Å². The van der Waals surface area contributed by atoms with Crippen molar-refractivity contribution in [1.82, 2.24) is 0 Å². The Bertz CT molecular complexity index is 624. The summed E-state index contributed by atoms with van der Waals surface area (Å²) in [4.78, 5) is 12.7. The topological polar surface area (TPSA) is 34.1 Å². The largest absolute Gasteiger partial charge is 0.293 e. The normalized spacial score (nSPS) is 12.3. The van der Waals surface area contributed by atoms with Crippen molar-refractivity contribution in [2.24, 2.45) is 0 Å². The second kappa shape index (κ2) is 6.11. The molecule has 102 valence electrons. The Morgan fingerprint density at radius 2 is 1.55 bits per heavy atom. The van der Waals surface area contributed by atoms with E-state index in [2.05, 4.69) is 0 Å². The fourth-order valence-corrected chi connectivity index (χ4v) is 3.12. The number of ketones is 1. The van der Waals surface area contributed by atoms with Crippen molar-refractivity contribution in [3.05, 3.63) is 70.3 Å². The number of rotatable bonds is 4. The highest BCUT2D eigenvalue weighted by molar-refractivity contribution is 7.26. The van der Waals surface area contributed by atoms with E-state index in [0.717, 1.165) is 22.3 Å². The minimum atomic E-state index is -0.628. The van der Waals surface area contributed by atoms with Crippen LogP contribution in [0.25, 0.3) is 0 Å². The molecule has 0 aliphatic heterocycles. The van der Waals surface area contributed by atoms with Gasteiger partial charge in [0.15, 0.2) is 14.2 Å². The quantitative estimate of drug-likeness (QED) is 0.595. The van der Waals surface area contributed by atoms with Crippen LogP contribution in [-0.2, 0) is 4.57 Å². The van der Waals surface area contributed by atoms with Crippen LogP contribution in [0, 0.1) is 20.8 Å². The van der Waals surface area contributed by atoms with Crippen molar-refractivity contribution < 1.29 is 9.36 Å². The molecule has 0 radical (unpaired) electrons. The SMILES string of the molecule is Cc1cc(C)c(C(=O)C(P=O)c2ccccc2)c(C)c1. The van der Waals surface area contributed by atoms with Crippen molar-refractivity contribution in [2.75, 3.05) is 0 Å². The van der Waals surface area contributed by atoms with Gasteiger partial charge in [0.25, 0.3) is 0 Å². The molecule has 0 spiro atoms. The summed E-state index contributed by atoms with van der Waals surface area (Å²) >= 11 is 0. The molecule has 2 rings (SSSR count). The second-order valence-corrected chi connectivity index (χ2v) is 5.78. The molecule has 0 saturated heterocycles. The monoisotopic (exact) mass is 284 g/mol. The molecule has 1 unspecified atom stereocenters. The Labute approximate surface area is 121 Å². The number of aryl methyl sites for hydroxylation is 3. The molecule has 0 aromatic heterocycles. The molecule has 0 bridgehead atoms. The lowest BCUT2D eigenvalue weighted by Crippen LogP contribution is -2.11. The van der Waals surface area contributed by atoms with Crippen molar-refractivity contribution in [3.8, 4) is 0 Å². The van der Waals surface area contributed by atoms with E-state index >= 15 is 0 Å². The van der Waals surface area contributed by atoms with Crippen LogP contribution in [0.4, 0.5) is 0 Å². The van der Waals surface area contributed by atoms with Gasteiger partial charge in [-0.1, -0.05) is 48.0 Å². The number of benzene rings is 2. The third-order valence-corrected chi connectivity index (χ3v) is 4.14. The first-order valence-corrected chi connectivity index (χ1v) is 7.42. The predicted octanol–water partition coefficient (Wildman–Crippen LogP) is 4.83. The fraction of sp³-hybridized carbons (Fsp3) is 0.235. The average molecular weight is 284 g/mol. The van der Waals surface area contributed by atoms with Gasteiger partial charge < -0.3 is 0 Å². The summed E-state index contributed by atoms with van der Waals surface area (Å²) in [6, 6.07) is 13.3. The van der Waals surface area contributed by atoms with Gasteiger partial charge in [-0.05, 0) is 37.5 Å². The molecular formula is C17H17O2P. The first-order valence-electron chi connectivity index (χ1n) is 6.54. The van der Waals surface area contributed by atoms with Gasteiger partial charge in [0.2, 0.25) is 0 Å². The van der Waals surface area contributed by atoms with Gasteiger partial charge in [-0.15, -0.1) is 0 Å². The molecule has 2 aromatic carbocycles. The predicted molar refractivity (Wildman–Crippen MR) is 81.8 cm³/mol. The molecule has 0 fully saturated rings. The maximum absolute atomic E-state index is 12.7. The Hall–Kier alpha value is -1.79. The van der Waals surface area contributed by atoms with Gasteiger partial charge >= 0.3 is 0 Å². The van der Waals surface area contributed by atoms with Crippen molar-refractivity contribution >= 4 is 14.2 Å². The van der Waals surface area contributed by atoms with Gasteiger partial charge in [0, 0.05) is 5.56 Å². The van der Waals surface area contributed by atoms with E-state index in [0.29, 0.717) is 5.56 Å². The van der Waals surface area contributed by atoms with E-state index < -0.39 is 5.66 Å². The number of carbonyl (C=O) groups excluding carboxylic acids is 1. The summed E-state index contributed by atoms with van der Waals surface area (Å²) in [5.41, 5.74) is 3.86. The number of hydrogen-bond donors (Lipinski definition) is 0. The first kappa shape index (κ1) is 14.6. The molecule has 0 amide bonds. The first-order chi connectivity index (χ1) is 9.54. The Balaban J connectivity index is 2.47. The molecule has 0 N–H and O–H groups in total. The number of carbonyl (C=O) groups is 1. The molecule has 0 heterocycles. The van der Waals surface area contributed by atoms with E-state index in [9.17, 15) is 9.36 Å². The van der Waals surface area contributed by atoms with Gasteiger partial charge in [-0.3, -0.25) is 9.36 Å². The lowest BCUT2D eigenvalue weighted by molar-refractivity contribution is 0.0986. The third-order valence-electron chi connectivity index (χ3n) is 3.39. The van der Waals surface area contributed by atoms with Crippen LogP contribution >= 0.6 is 8.46 Å². The summed E-state index contributed by atoms with van der Waals surface area (Å²) in [5.74, 6) is -0.0807. The van der Waals surface area contributed by atoms with E-state index in [1.165, 1.54) is 0 Å². The van der Waals surface area contributed by atoms with Gasteiger partial charge in [-0.25, -0.2) is 0 Å². The van der Waals surface area contributed by atoms with Crippen molar-refractivity contribution in [3.63, 3.8) is 0 Å². The summed E-state index contributed by atoms with van der Waals surface area (Å²) in [7, 11) is -0.165. The number of hydrogen-bond acceptors (Lipinski definition) is 2. The van der Waals surface area contributed by atoms with Crippen LogP contribution in [0.1, 0.15) is 38.3 Å². The second-order valence-electron chi connectivity index (χ2n) is 5.06. The number of Topliss-reactive ketones (excluding diaryl/α,β-unsaturated/α-hetero) is 1. The van der Waals surface area contributed by atoms with Crippen molar-refractivity contribution in [2.45, 2.75) is 26.4 Å². The minimum Gasteiger partial charge on any atom is -0.293 e. The zero-order valence-electron chi connectivity index (χ0n) is 11.9. The smallest absolute Gasteiger partial charge is 0.182 e. The summed E-state index contributed by atoms with van der Waals surface area (Å²) in [6.45, 7) is 5.86. The lowest BCUT2D eigenvalue weighted by Gasteiger charge is -2.14. The Morgan fingerprint density at radius 1 is 1.00 bits per heavy atom. The van der Waals surface area contributed by atoms with Crippen LogP contribution in [0.5, 0.6) is 0 Å². The highest BCUT2D eigenvalue weighted by atomic mass is 31.1. The minimum absolute atomic E-state index is 0.0807. The maximum atomic E-state index is 12.7. The fourth-order valence-electron chi connectivity index (χ4n) is 2.60. The third kappa shape index (κ3) is 2.86. The van der Waals surface area contributed by atoms with Crippen molar-refractivity contribution in [1.29, 1.82) is 0 Å². The van der Waals surface area contributed by atoms with Gasteiger partial charge in [0.05, 0.1) is 0 Å². The molecule has 0 aliphatic carbocycles. The molecule has 1 atom stereocenters. The zero-order chi connectivity index (χ0) is 14.7.